The van der Waals surface area contributed by atoms with Crippen molar-refractivity contribution >= 4 is 11.4 Å². The molecule has 3 heterocycles. The lowest BCUT2D eigenvalue weighted by atomic mass is 9.72. The number of halogens is 2. The number of hydrogen-bond acceptors (Lipinski definition) is 5. The first-order chi connectivity index (χ1) is 12.3. The average molecular weight is 367 g/mol. The Balaban J connectivity index is 1.44. The molecule has 3 aliphatic rings. The molecule has 3 aliphatic heterocycles. The number of nitrogens with one attached hydrogen (secondary N) is 1. The van der Waals surface area contributed by atoms with Gasteiger partial charge in [-0.15, -0.1) is 0 Å². The van der Waals surface area contributed by atoms with E-state index in [1.165, 1.54) is 0 Å². The molecule has 0 atom stereocenters. The maximum absolute atomic E-state index is 12.5. The lowest BCUT2D eigenvalue weighted by molar-refractivity contribution is -0.0487. The summed E-state index contributed by atoms with van der Waals surface area (Å²) >= 11 is 0. The van der Waals surface area contributed by atoms with Crippen molar-refractivity contribution in [2.75, 3.05) is 43.1 Å². The van der Waals surface area contributed by atoms with Crippen molar-refractivity contribution in [1.29, 1.82) is 0 Å². The van der Waals surface area contributed by atoms with Crippen molar-refractivity contribution in [1.82, 2.24) is 4.90 Å². The first kappa shape index (κ1) is 17.8. The van der Waals surface area contributed by atoms with Crippen molar-refractivity contribution in [3.8, 4) is 5.75 Å². The fraction of sp³-hybridized carbons (Fsp3) is 0.684. The van der Waals surface area contributed by atoms with Crippen molar-refractivity contribution in [3.63, 3.8) is 0 Å². The molecule has 1 aromatic carbocycles. The van der Waals surface area contributed by atoms with Crippen molar-refractivity contribution < 1.29 is 18.7 Å². The largest absolute Gasteiger partial charge is 0.487 e. The first-order valence-corrected chi connectivity index (χ1v) is 9.31. The average Bonchev–Trinajstić information content (AvgIpc) is 2.85. The van der Waals surface area contributed by atoms with Crippen LogP contribution >= 0.6 is 0 Å². The molecule has 0 radical (unpaired) electrons. The number of anilines is 2. The highest BCUT2D eigenvalue weighted by molar-refractivity contribution is 5.74. The standard InChI is InChI=1S/C19H27F2N3O2/c1-18(2)9-13-7-14(22-25)15(8-16(13)26-18)24-5-3-19(4-6-24)11-23(12-19)10-17(20)21/h7-8,17,22,25H,3-6,9-12H2,1-2H3. The van der Waals surface area contributed by atoms with E-state index in [9.17, 15) is 14.0 Å². The van der Waals surface area contributed by atoms with Gasteiger partial charge in [-0.2, -0.15) is 0 Å². The van der Waals surface area contributed by atoms with E-state index in [4.69, 9.17) is 4.74 Å². The second-order valence-corrected chi connectivity index (χ2v) is 8.68. The van der Waals surface area contributed by atoms with Gasteiger partial charge in [-0.3, -0.25) is 15.6 Å². The predicted molar refractivity (Wildman–Crippen MR) is 96.6 cm³/mol. The minimum Gasteiger partial charge on any atom is -0.487 e. The molecule has 0 unspecified atom stereocenters. The van der Waals surface area contributed by atoms with Crippen molar-refractivity contribution in [3.05, 3.63) is 17.7 Å². The third-order valence-corrected chi connectivity index (χ3v) is 5.98. The molecule has 2 fully saturated rings. The molecule has 0 amide bonds. The van der Waals surface area contributed by atoms with Crippen LogP contribution in [-0.4, -0.2) is 54.9 Å². The van der Waals surface area contributed by atoms with Gasteiger partial charge in [0.25, 0.3) is 6.43 Å². The quantitative estimate of drug-likeness (QED) is 0.799. The monoisotopic (exact) mass is 367 g/mol. The number of fused-ring (bicyclic) bond motifs is 1. The van der Waals surface area contributed by atoms with Crippen LogP contribution in [-0.2, 0) is 6.42 Å². The molecule has 26 heavy (non-hydrogen) atoms. The Morgan fingerprint density at radius 1 is 1.23 bits per heavy atom. The Morgan fingerprint density at radius 3 is 2.54 bits per heavy atom. The number of hydrogen-bond donors (Lipinski definition) is 2. The summed E-state index contributed by atoms with van der Waals surface area (Å²) in [7, 11) is 0. The van der Waals surface area contributed by atoms with Crippen molar-refractivity contribution in [2.45, 2.75) is 45.1 Å². The van der Waals surface area contributed by atoms with Gasteiger partial charge in [-0.25, -0.2) is 8.78 Å². The Morgan fingerprint density at radius 2 is 1.92 bits per heavy atom. The Bertz CT molecular complexity index is 680. The molecule has 2 N–H and O–H groups in total. The molecule has 0 aromatic heterocycles. The molecule has 2 saturated heterocycles. The van der Waals surface area contributed by atoms with Crippen LogP contribution in [0.25, 0.3) is 0 Å². The number of piperidine rings is 1. The zero-order valence-corrected chi connectivity index (χ0v) is 15.4. The molecular weight excluding hydrogens is 340 g/mol. The van der Waals surface area contributed by atoms with Gasteiger partial charge in [-0.05, 0) is 38.2 Å². The smallest absolute Gasteiger partial charge is 0.251 e. The minimum absolute atomic E-state index is 0.109. The highest BCUT2D eigenvalue weighted by atomic mass is 19.3. The predicted octanol–water partition coefficient (Wildman–Crippen LogP) is 3.37. The molecule has 7 heteroatoms. The van der Waals surface area contributed by atoms with E-state index >= 15 is 0 Å². The third kappa shape index (κ3) is 3.22. The van der Waals surface area contributed by atoms with Crippen LogP contribution in [0, 0.1) is 5.41 Å². The van der Waals surface area contributed by atoms with E-state index in [0.29, 0.717) is 5.69 Å². The highest BCUT2D eigenvalue weighted by Crippen LogP contribution is 2.45. The topological polar surface area (TPSA) is 48.0 Å². The van der Waals surface area contributed by atoms with Gasteiger partial charge in [0, 0.05) is 44.2 Å². The number of likely N-dealkylation sites (tertiary alicyclic amines) is 1. The summed E-state index contributed by atoms with van der Waals surface area (Å²) in [6.07, 6.45) is 0.545. The van der Waals surface area contributed by atoms with Crippen LogP contribution in [0.1, 0.15) is 32.3 Å². The van der Waals surface area contributed by atoms with Gasteiger partial charge >= 0.3 is 0 Å². The van der Waals surface area contributed by atoms with E-state index in [2.05, 4.69) is 24.2 Å². The second kappa shape index (κ2) is 6.23. The van der Waals surface area contributed by atoms with E-state index < -0.39 is 6.43 Å². The van der Waals surface area contributed by atoms with Gasteiger partial charge in [-0.1, -0.05) is 0 Å². The fourth-order valence-electron chi connectivity index (χ4n) is 4.76. The van der Waals surface area contributed by atoms with Crippen LogP contribution in [0.15, 0.2) is 12.1 Å². The summed E-state index contributed by atoms with van der Waals surface area (Å²) in [5.74, 6) is 0.885. The number of nitrogens with zero attached hydrogens (tertiary/aromatic N) is 2. The Kier molecular flexibility index (Phi) is 4.27. The summed E-state index contributed by atoms with van der Waals surface area (Å²) in [4.78, 5) is 4.11. The second-order valence-electron chi connectivity index (χ2n) is 8.68. The Hall–Kier alpha value is -1.60. The van der Waals surface area contributed by atoms with Gasteiger partial charge in [0.05, 0.1) is 17.9 Å². The molecule has 0 bridgehead atoms. The number of alkyl halides is 2. The van der Waals surface area contributed by atoms with Gasteiger partial charge < -0.3 is 9.64 Å². The van der Waals surface area contributed by atoms with Crippen LogP contribution in [0.5, 0.6) is 5.75 Å². The first-order valence-electron chi connectivity index (χ1n) is 9.31. The van der Waals surface area contributed by atoms with Crippen LogP contribution < -0.4 is 15.1 Å². The minimum atomic E-state index is -2.25. The SMILES string of the molecule is CC1(C)Cc2cc(NO)c(N3CCC4(CC3)CN(CC(F)F)C4)cc2O1. The molecule has 1 aromatic rings. The van der Waals surface area contributed by atoms with E-state index in [1.807, 2.05) is 17.0 Å². The third-order valence-electron chi connectivity index (χ3n) is 5.98. The molecule has 1 spiro atoms. The summed E-state index contributed by atoms with van der Waals surface area (Å²) in [6, 6.07) is 3.99. The Labute approximate surface area is 152 Å². The molecule has 4 rings (SSSR count). The number of benzene rings is 1. The van der Waals surface area contributed by atoms with Crippen molar-refractivity contribution in [2.24, 2.45) is 5.41 Å². The lowest BCUT2D eigenvalue weighted by Crippen LogP contribution is -2.61. The van der Waals surface area contributed by atoms with Crippen LogP contribution in [0.3, 0.4) is 0 Å². The van der Waals surface area contributed by atoms with Gasteiger partial charge in [0.15, 0.2) is 0 Å². The van der Waals surface area contributed by atoms with E-state index in [1.54, 1.807) is 0 Å². The van der Waals surface area contributed by atoms with Crippen LogP contribution in [0.4, 0.5) is 20.2 Å². The maximum Gasteiger partial charge on any atom is 0.251 e. The highest BCUT2D eigenvalue weighted by Gasteiger charge is 2.45. The normalized spacial score (nSPS) is 23.7. The fourth-order valence-corrected chi connectivity index (χ4v) is 4.76. The van der Waals surface area contributed by atoms with Gasteiger partial charge in [0.1, 0.15) is 11.4 Å². The molecule has 144 valence electrons. The zero-order chi connectivity index (χ0) is 18.5. The summed E-state index contributed by atoms with van der Waals surface area (Å²) < 4.78 is 31.0. The molecule has 0 saturated carbocycles. The maximum atomic E-state index is 12.5. The van der Waals surface area contributed by atoms with Crippen LogP contribution in [0.2, 0.25) is 0 Å². The van der Waals surface area contributed by atoms with E-state index in [0.717, 1.165) is 62.4 Å². The number of rotatable bonds is 4. The summed E-state index contributed by atoms with van der Waals surface area (Å²) in [6.45, 7) is 7.28. The molecule has 0 aliphatic carbocycles. The summed E-state index contributed by atoms with van der Waals surface area (Å²) in [5, 5.41) is 9.59. The lowest BCUT2D eigenvalue weighted by Gasteiger charge is -2.54. The number of ether oxygens (including phenoxy) is 1. The van der Waals surface area contributed by atoms with Gasteiger partial charge in [0.2, 0.25) is 0 Å². The molecular formula is C19H27F2N3O2. The molecule has 5 nitrogen and oxygen atoms in total. The zero-order valence-electron chi connectivity index (χ0n) is 15.4. The summed E-state index contributed by atoms with van der Waals surface area (Å²) in [5.41, 5.74) is 5.06. The van der Waals surface area contributed by atoms with E-state index in [-0.39, 0.29) is 17.6 Å².